The molecule has 0 aliphatic rings. The first-order chi connectivity index (χ1) is 14.3. The zero-order valence-corrected chi connectivity index (χ0v) is 18.6. The second-order valence-electron chi connectivity index (χ2n) is 6.23. The molecule has 0 radical (unpaired) electrons. The van der Waals surface area contributed by atoms with E-state index in [1.807, 2.05) is 6.07 Å². The van der Waals surface area contributed by atoms with Gasteiger partial charge in [0.25, 0.3) is 0 Å². The number of nitrogens with one attached hydrogen (secondary N) is 1. The zero-order chi connectivity index (χ0) is 21.7. The topological polar surface area (TPSA) is 45.2 Å². The van der Waals surface area contributed by atoms with E-state index in [4.69, 9.17) is 11.6 Å². The first-order valence-corrected chi connectivity index (χ1v) is 11.2. The molecule has 1 aromatic heterocycles. The molecule has 0 unspecified atom stereocenters. The lowest BCUT2D eigenvalue weighted by Gasteiger charge is -2.20. The molecule has 1 heterocycles. The number of nitrogens with zero attached hydrogens (tertiary/aromatic N) is 2. The molecule has 0 aliphatic carbocycles. The van der Waals surface area contributed by atoms with Gasteiger partial charge in [0.2, 0.25) is 0 Å². The summed E-state index contributed by atoms with van der Waals surface area (Å²) in [7, 11) is 0. The number of hydrogen-bond acceptors (Lipinski definition) is 3. The molecule has 0 aliphatic heterocycles. The number of urea groups is 1. The molecule has 3 rings (SSSR count). The Morgan fingerprint density at radius 2 is 1.97 bits per heavy atom. The highest BCUT2D eigenvalue weighted by Crippen LogP contribution is 2.32. The van der Waals surface area contributed by atoms with Crippen molar-refractivity contribution in [3.8, 4) is 11.3 Å². The Hall–Kier alpha value is -2.10. The lowest BCUT2D eigenvalue weighted by atomic mass is 10.2. The van der Waals surface area contributed by atoms with Gasteiger partial charge in [-0.25, -0.2) is 9.78 Å². The van der Waals surface area contributed by atoms with Crippen molar-refractivity contribution in [3.05, 3.63) is 64.5 Å². The third-order valence-corrected chi connectivity index (χ3v) is 5.70. The van der Waals surface area contributed by atoms with Gasteiger partial charge in [0, 0.05) is 33.5 Å². The number of aromatic nitrogens is 1. The molecule has 2 aromatic carbocycles. The second kappa shape index (κ2) is 9.80. The predicted octanol–water partition coefficient (Wildman–Crippen LogP) is 7.31. The average Bonchev–Trinajstić information content (AvgIpc) is 3.18. The number of carbonyl (C=O) groups excluding carboxylic acids is 1. The molecule has 3 aromatic rings. The number of rotatable bonds is 6. The average molecular weight is 519 g/mol. The zero-order valence-electron chi connectivity index (χ0n) is 15.4. The minimum absolute atomic E-state index is 0.0605. The quantitative estimate of drug-likeness (QED) is 0.348. The van der Waals surface area contributed by atoms with Gasteiger partial charge in [-0.3, -0.25) is 4.90 Å². The fourth-order valence-electron chi connectivity index (χ4n) is 2.63. The van der Waals surface area contributed by atoms with Crippen LogP contribution in [0, 0.1) is 0 Å². The van der Waals surface area contributed by atoms with E-state index in [0.29, 0.717) is 34.1 Å². The Balaban J connectivity index is 1.83. The number of anilines is 2. The van der Waals surface area contributed by atoms with E-state index in [1.165, 1.54) is 28.4 Å². The van der Waals surface area contributed by atoms with Crippen LogP contribution in [0.3, 0.4) is 0 Å². The number of benzene rings is 2. The van der Waals surface area contributed by atoms with Gasteiger partial charge in [0.15, 0.2) is 5.13 Å². The monoisotopic (exact) mass is 517 g/mol. The fraction of sp³-hybridized carbons (Fsp3) is 0.200. The maximum Gasteiger partial charge on any atom is 0.416 e. The van der Waals surface area contributed by atoms with Crippen LogP contribution in [0.4, 0.5) is 28.8 Å². The highest BCUT2D eigenvalue weighted by atomic mass is 79.9. The van der Waals surface area contributed by atoms with Gasteiger partial charge in [-0.05, 0) is 36.8 Å². The Bertz CT molecular complexity index is 1030. The van der Waals surface area contributed by atoms with Gasteiger partial charge in [-0.15, -0.1) is 11.3 Å². The maximum atomic E-state index is 12.9. The Kier molecular flexibility index (Phi) is 7.38. The van der Waals surface area contributed by atoms with Crippen molar-refractivity contribution in [2.24, 2.45) is 0 Å². The highest BCUT2D eigenvalue weighted by Gasteiger charge is 2.30. The van der Waals surface area contributed by atoms with Gasteiger partial charge in [-0.1, -0.05) is 45.7 Å². The molecule has 0 spiro atoms. The summed E-state index contributed by atoms with van der Waals surface area (Å²) in [4.78, 5) is 18.8. The Labute approximate surface area is 188 Å². The SMILES string of the molecule is O=C(Nc1cccc(C(F)(F)F)c1)N(CCCBr)c1nc(-c2cccc(Cl)c2)cs1. The van der Waals surface area contributed by atoms with Crippen LogP contribution in [-0.2, 0) is 6.18 Å². The smallest absolute Gasteiger partial charge is 0.307 e. The molecular formula is C20H16BrClF3N3OS. The molecule has 10 heteroatoms. The lowest BCUT2D eigenvalue weighted by molar-refractivity contribution is -0.137. The van der Waals surface area contributed by atoms with Crippen LogP contribution in [0.25, 0.3) is 11.3 Å². The number of halogens is 5. The van der Waals surface area contributed by atoms with Gasteiger partial charge in [0.05, 0.1) is 11.3 Å². The van der Waals surface area contributed by atoms with Crippen LogP contribution in [-0.4, -0.2) is 22.9 Å². The first kappa shape index (κ1) is 22.6. The van der Waals surface area contributed by atoms with Crippen LogP contribution in [0.5, 0.6) is 0 Å². The van der Waals surface area contributed by atoms with Gasteiger partial charge in [0.1, 0.15) is 0 Å². The summed E-state index contributed by atoms with van der Waals surface area (Å²) in [5.74, 6) is 0. The molecule has 1 N–H and O–H groups in total. The van der Waals surface area contributed by atoms with Crippen LogP contribution in [0.15, 0.2) is 53.9 Å². The summed E-state index contributed by atoms with van der Waals surface area (Å²) in [5.41, 5.74) is 0.701. The van der Waals surface area contributed by atoms with E-state index in [1.54, 1.807) is 23.6 Å². The third kappa shape index (κ3) is 5.74. The van der Waals surface area contributed by atoms with E-state index < -0.39 is 17.8 Å². The summed E-state index contributed by atoms with van der Waals surface area (Å²) >= 11 is 10.6. The summed E-state index contributed by atoms with van der Waals surface area (Å²) in [6.07, 6.45) is -3.85. The minimum atomic E-state index is -4.49. The Morgan fingerprint density at radius 3 is 2.67 bits per heavy atom. The summed E-state index contributed by atoms with van der Waals surface area (Å²) in [6, 6.07) is 11.2. The van der Waals surface area contributed by atoms with Gasteiger partial charge in [-0.2, -0.15) is 13.2 Å². The largest absolute Gasteiger partial charge is 0.416 e. The first-order valence-electron chi connectivity index (χ1n) is 8.81. The molecule has 0 fully saturated rings. The highest BCUT2D eigenvalue weighted by molar-refractivity contribution is 9.09. The van der Waals surface area contributed by atoms with E-state index in [-0.39, 0.29) is 5.69 Å². The van der Waals surface area contributed by atoms with Crippen molar-refractivity contribution in [1.29, 1.82) is 0 Å². The Morgan fingerprint density at radius 1 is 1.20 bits per heavy atom. The van der Waals surface area contributed by atoms with Crippen LogP contribution >= 0.6 is 38.9 Å². The van der Waals surface area contributed by atoms with Crippen molar-refractivity contribution in [2.75, 3.05) is 22.1 Å². The third-order valence-electron chi connectivity index (χ3n) is 4.05. The van der Waals surface area contributed by atoms with Crippen LogP contribution < -0.4 is 10.2 Å². The fourth-order valence-corrected chi connectivity index (χ4v) is 3.93. The molecule has 0 saturated heterocycles. The standard InChI is InChI=1S/C20H16BrClF3N3OS/c21-8-3-9-28(18(29)26-16-7-2-5-14(11-16)20(23,24)25)19-27-17(12-30-19)13-4-1-6-15(22)10-13/h1-2,4-7,10-12H,3,8-9H2,(H,26,29). The molecule has 158 valence electrons. The van der Waals surface area contributed by atoms with Crippen molar-refractivity contribution in [3.63, 3.8) is 0 Å². The van der Waals surface area contributed by atoms with Crippen molar-refractivity contribution in [2.45, 2.75) is 12.6 Å². The molecule has 30 heavy (non-hydrogen) atoms. The van der Waals surface area contributed by atoms with Gasteiger partial charge < -0.3 is 5.32 Å². The second-order valence-corrected chi connectivity index (χ2v) is 8.29. The van der Waals surface area contributed by atoms with Crippen molar-refractivity contribution < 1.29 is 18.0 Å². The van der Waals surface area contributed by atoms with Crippen LogP contribution in [0.2, 0.25) is 5.02 Å². The molecule has 2 amide bonds. The van der Waals surface area contributed by atoms with E-state index in [9.17, 15) is 18.0 Å². The maximum absolute atomic E-state index is 12.9. The molecule has 0 saturated carbocycles. The molecule has 4 nitrogen and oxygen atoms in total. The summed E-state index contributed by atoms with van der Waals surface area (Å²) in [5, 5.41) is 6.01. The molecule has 0 atom stereocenters. The van der Waals surface area contributed by atoms with Crippen molar-refractivity contribution in [1.82, 2.24) is 4.98 Å². The van der Waals surface area contributed by atoms with E-state index in [2.05, 4.69) is 26.2 Å². The number of carbonyl (C=O) groups is 1. The number of alkyl halides is 4. The lowest BCUT2D eigenvalue weighted by Crippen LogP contribution is -2.36. The van der Waals surface area contributed by atoms with Crippen molar-refractivity contribution >= 4 is 55.7 Å². The normalized spacial score (nSPS) is 11.4. The predicted molar refractivity (Wildman–Crippen MR) is 119 cm³/mol. The number of thiazole rings is 1. The molecule has 0 bridgehead atoms. The summed E-state index contributed by atoms with van der Waals surface area (Å²) in [6.45, 7) is 0.346. The van der Waals surface area contributed by atoms with Gasteiger partial charge >= 0.3 is 12.2 Å². The number of hydrogen-bond donors (Lipinski definition) is 1. The minimum Gasteiger partial charge on any atom is -0.307 e. The summed E-state index contributed by atoms with van der Waals surface area (Å²) < 4.78 is 38.8. The van der Waals surface area contributed by atoms with Crippen LogP contribution in [0.1, 0.15) is 12.0 Å². The number of amides is 2. The van der Waals surface area contributed by atoms with E-state index >= 15 is 0 Å². The molecular weight excluding hydrogens is 503 g/mol. The van der Waals surface area contributed by atoms with E-state index in [0.717, 1.165) is 17.7 Å².